The van der Waals surface area contributed by atoms with E-state index < -0.39 is 0 Å². The fraction of sp³-hybridized carbons (Fsp3) is 0.429. The molecule has 0 aliphatic rings. The van der Waals surface area contributed by atoms with Crippen LogP contribution in [0, 0.1) is 0 Å². The first-order valence-corrected chi connectivity index (χ1v) is 7.57. The third kappa shape index (κ3) is 3.33. The lowest BCUT2D eigenvalue weighted by atomic mass is 10.0. The monoisotopic (exact) mass is 292 g/mol. The molecule has 1 aromatic carbocycles. The molecular formula is C14H20N4OS. The number of hydrogen-bond acceptors (Lipinski definition) is 6. The molecule has 0 amide bonds. The molecule has 0 saturated carbocycles. The van der Waals surface area contributed by atoms with E-state index in [-0.39, 0.29) is 6.04 Å². The third-order valence-corrected chi connectivity index (χ3v) is 3.83. The van der Waals surface area contributed by atoms with E-state index in [0.717, 1.165) is 34.7 Å². The number of nitrogens with zero attached hydrogens (tertiary/aromatic N) is 2. The fourth-order valence-electron chi connectivity index (χ4n) is 2.12. The van der Waals surface area contributed by atoms with Crippen molar-refractivity contribution in [3.05, 3.63) is 40.4 Å². The average molecular weight is 292 g/mol. The highest BCUT2D eigenvalue weighted by Gasteiger charge is 2.20. The Morgan fingerprint density at radius 1 is 1.40 bits per heavy atom. The zero-order valence-corrected chi connectivity index (χ0v) is 12.6. The molecule has 0 fully saturated rings. The summed E-state index contributed by atoms with van der Waals surface area (Å²) in [7, 11) is 0. The second-order valence-electron chi connectivity index (χ2n) is 4.44. The van der Waals surface area contributed by atoms with Crippen molar-refractivity contribution >= 4 is 11.5 Å². The highest BCUT2D eigenvalue weighted by molar-refractivity contribution is 7.05. The van der Waals surface area contributed by atoms with Crippen LogP contribution in [0.5, 0.6) is 5.75 Å². The number of nitrogens with one attached hydrogen (secondary N) is 1. The number of hydrogen-bond donors (Lipinski definition) is 2. The Balaban J connectivity index is 2.31. The summed E-state index contributed by atoms with van der Waals surface area (Å²) >= 11 is 1.39. The SMILES string of the molecule is CCCc1nnsc1C(NN)c1cccc(OCC)c1. The first-order valence-electron chi connectivity index (χ1n) is 6.80. The lowest BCUT2D eigenvalue weighted by Gasteiger charge is -2.16. The van der Waals surface area contributed by atoms with Crippen molar-refractivity contribution in [3.63, 3.8) is 0 Å². The van der Waals surface area contributed by atoms with Crippen molar-refractivity contribution in [2.75, 3.05) is 6.61 Å². The standard InChI is InChI=1S/C14H20N4OS/c1-3-6-12-14(20-18-17-12)13(16-15)10-7-5-8-11(9-10)19-4-2/h5,7-9,13,16H,3-4,6,15H2,1-2H3. The number of aromatic nitrogens is 2. The van der Waals surface area contributed by atoms with E-state index in [1.54, 1.807) is 0 Å². The summed E-state index contributed by atoms with van der Waals surface area (Å²) in [6, 6.07) is 7.85. The lowest BCUT2D eigenvalue weighted by molar-refractivity contribution is 0.339. The first kappa shape index (κ1) is 14.9. The van der Waals surface area contributed by atoms with Gasteiger partial charge >= 0.3 is 0 Å². The summed E-state index contributed by atoms with van der Waals surface area (Å²) in [5, 5.41) is 4.20. The van der Waals surface area contributed by atoms with Gasteiger partial charge in [-0.15, -0.1) is 5.10 Å². The van der Waals surface area contributed by atoms with Crippen LogP contribution in [0.3, 0.4) is 0 Å². The molecule has 108 valence electrons. The zero-order valence-electron chi connectivity index (χ0n) is 11.8. The molecular weight excluding hydrogens is 272 g/mol. The van der Waals surface area contributed by atoms with Crippen LogP contribution in [0.15, 0.2) is 24.3 Å². The van der Waals surface area contributed by atoms with E-state index in [4.69, 9.17) is 10.6 Å². The van der Waals surface area contributed by atoms with Gasteiger partial charge in [0.1, 0.15) is 5.75 Å². The summed E-state index contributed by atoms with van der Waals surface area (Å²) in [6.07, 6.45) is 1.95. The smallest absolute Gasteiger partial charge is 0.119 e. The number of aryl methyl sites for hydroxylation is 1. The van der Waals surface area contributed by atoms with Crippen LogP contribution in [0.2, 0.25) is 0 Å². The Kier molecular flexibility index (Phi) is 5.46. The Morgan fingerprint density at radius 2 is 2.25 bits per heavy atom. The van der Waals surface area contributed by atoms with E-state index in [0.29, 0.717) is 6.61 Å². The number of ether oxygens (including phenoxy) is 1. The molecule has 0 bridgehead atoms. The topological polar surface area (TPSA) is 73.1 Å². The van der Waals surface area contributed by atoms with Crippen LogP contribution < -0.4 is 16.0 Å². The van der Waals surface area contributed by atoms with Gasteiger partial charge in [-0.2, -0.15) is 0 Å². The Labute approximate surface area is 123 Å². The van der Waals surface area contributed by atoms with Crippen molar-refractivity contribution in [2.24, 2.45) is 5.84 Å². The molecule has 20 heavy (non-hydrogen) atoms. The summed E-state index contributed by atoms with van der Waals surface area (Å²) in [6.45, 7) is 4.74. The largest absolute Gasteiger partial charge is 0.494 e. The molecule has 0 saturated heterocycles. The van der Waals surface area contributed by atoms with E-state index >= 15 is 0 Å². The van der Waals surface area contributed by atoms with E-state index in [1.165, 1.54) is 11.5 Å². The molecule has 6 heteroatoms. The highest BCUT2D eigenvalue weighted by Crippen LogP contribution is 2.29. The quantitative estimate of drug-likeness (QED) is 0.606. The van der Waals surface area contributed by atoms with Crippen molar-refractivity contribution in [1.29, 1.82) is 0 Å². The highest BCUT2D eigenvalue weighted by atomic mass is 32.1. The van der Waals surface area contributed by atoms with Gasteiger partial charge in [0.2, 0.25) is 0 Å². The van der Waals surface area contributed by atoms with Crippen LogP contribution in [-0.4, -0.2) is 16.2 Å². The number of benzene rings is 1. The molecule has 1 aromatic heterocycles. The minimum atomic E-state index is -0.100. The van der Waals surface area contributed by atoms with Crippen LogP contribution >= 0.6 is 11.5 Å². The van der Waals surface area contributed by atoms with Crippen LogP contribution in [0.25, 0.3) is 0 Å². The van der Waals surface area contributed by atoms with Crippen molar-refractivity contribution < 1.29 is 4.74 Å². The minimum Gasteiger partial charge on any atom is -0.494 e. The fourth-order valence-corrected chi connectivity index (χ4v) is 2.90. The molecule has 2 rings (SSSR count). The van der Waals surface area contributed by atoms with Gasteiger partial charge in [0.25, 0.3) is 0 Å². The molecule has 0 spiro atoms. The van der Waals surface area contributed by atoms with Crippen LogP contribution in [0.1, 0.15) is 42.4 Å². The van der Waals surface area contributed by atoms with Crippen molar-refractivity contribution in [1.82, 2.24) is 15.0 Å². The normalized spacial score (nSPS) is 12.3. The minimum absolute atomic E-state index is 0.100. The molecule has 1 atom stereocenters. The molecule has 1 heterocycles. The van der Waals surface area contributed by atoms with Gasteiger partial charge in [-0.05, 0) is 42.6 Å². The average Bonchev–Trinajstić information content (AvgIpc) is 2.89. The van der Waals surface area contributed by atoms with Gasteiger partial charge in [-0.3, -0.25) is 5.84 Å². The molecule has 3 N–H and O–H groups in total. The van der Waals surface area contributed by atoms with Gasteiger partial charge in [-0.1, -0.05) is 30.0 Å². The van der Waals surface area contributed by atoms with Crippen molar-refractivity contribution in [2.45, 2.75) is 32.7 Å². The Bertz CT molecular complexity index is 543. The van der Waals surface area contributed by atoms with E-state index in [9.17, 15) is 0 Å². The first-order chi connectivity index (χ1) is 9.80. The maximum Gasteiger partial charge on any atom is 0.119 e. The molecule has 2 aromatic rings. The van der Waals surface area contributed by atoms with Crippen LogP contribution in [-0.2, 0) is 6.42 Å². The van der Waals surface area contributed by atoms with Gasteiger partial charge in [-0.25, -0.2) is 5.43 Å². The molecule has 5 nitrogen and oxygen atoms in total. The Morgan fingerprint density at radius 3 is 2.95 bits per heavy atom. The number of rotatable bonds is 7. The summed E-state index contributed by atoms with van der Waals surface area (Å²) in [5.41, 5.74) is 4.94. The number of hydrazine groups is 1. The third-order valence-electron chi connectivity index (χ3n) is 3.00. The zero-order chi connectivity index (χ0) is 14.4. The van der Waals surface area contributed by atoms with Gasteiger partial charge < -0.3 is 4.74 Å². The lowest BCUT2D eigenvalue weighted by Crippen LogP contribution is -2.29. The van der Waals surface area contributed by atoms with Crippen LogP contribution in [0.4, 0.5) is 0 Å². The van der Waals surface area contributed by atoms with E-state index in [1.807, 2.05) is 31.2 Å². The molecule has 1 unspecified atom stereocenters. The second-order valence-corrected chi connectivity index (χ2v) is 5.22. The maximum atomic E-state index is 5.75. The summed E-state index contributed by atoms with van der Waals surface area (Å²) < 4.78 is 9.60. The van der Waals surface area contributed by atoms with Gasteiger partial charge in [0.05, 0.1) is 23.2 Å². The number of nitrogens with two attached hydrogens (primary N) is 1. The second kappa shape index (κ2) is 7.33. The van der Waals surface area contributed by atoms with Gasteiger partial charge in [0, 0.05) is 0 Å². The Hall–Kier alpha value is -1.50. The molecule has 0 aliphatic heterocycles. The summed E-state index contributed by atoms with van der Waals surface area (Å²) in [4.78, 5) is 1.07. The predicted molar refractivity (Wildman–Crippen MR) is 80.7 cm³/mol. The maximum absolute atomic E-state index is 5.75. The predicted octanol–water partition coefficient (Wildman–Crippen LogP) is 2.44. The molecule has 0 radical (unpaired) electrons. The van der Waals surface area contributed by atoms with E-state index in [2.05, 4.69) is 21.9 Å². The summed E-state index contributed by atoms with van der Waals surface area (Å²) in [5.74, 6) is 6.59. The van der Waals surface area contributed by atoms with Crippen molar-refractivity contribution in [3.8, 4) is 5.75 Å². The van der Waals surface area contributed by atoms with Gasteiger partial charge in [0.15, 0.2) is 0 Å². The molecule has 0 aliphatic carbocycles.